The minimum atomic E-state index is 0.169. The lowest BCUT2D eigenvalue weighted by Gasteiger charge is -2.31. The van der Waals surface area contributed by atoms with Crippen LogP contribution in [-0.4, -0.2) is 36.2 Å². The lowest BCUT2D eigenvalue weighted by Crippen LogP contribution is -2.40. The zero-order valence-electron chi connectivity index (χ0n) is 13.3. The molecule has 0 aliphatic carbocycles. The topological polar surface area (TPSA) is 24.5 Å². The molecule has 0 bridgehead atoms. The van der Waals surface area contributed by atoms with Crippen LogP contribution in [0.4, 0.5) is 0 Å². The van der Waals surface area contributed by atoms with E-state index in [1.807, 2.05) is 0 Å². The minimum Gasteiger partial charge on any atom is -0.376 e. The van der Waals surface area contributed by atoms with Crippen LogP contribution in [0.3, 0.4) is 0 Å². The van der Waals surface area contributed by atoms with Gasteiger partial charge in [-0.15, -0.1) is 0 Å². The molecule has 1 atom stereocenters. The van der Waals surface area contributed by atoms with Crippen LogP contribution in [0, 0.1) is 0 Å². The Morgan fingerprint density at radius 1 is 1.20 bits per heavy atom. The van der Waals surface area contributed by atoms with E-state index in [2.05, 4.69) is 62.2 Å². The molecular formula is C17H28N2O. The van der Waals surface area contributed by atoms with Crippen LogP contribution in [0.1, 0.15) is 38.8 Å². The van der Waals surface area contributed by atoms with Gasteiger partial charge < -0.3 is 10.1 Å². The summed E-state index contributed by atoms with van der Waals surface area (Å²) in [4.78, 5) is 2.47. The minimum absolute atomic E-state index is 0.169. The molecule has 2 rings (SSSR count). The molecule has 1 aromatic rings. The summed E-state index contributed by atoms with van der Waals surface area (Å²) >= 11 is 0. The molecule has 112 valence electrons. The maximum atomic E-state index is 5.58. The molecule has 20 heavy (non-hydrogen) atoms. The highest BCUT2D eigenvalue weighted by Crippen LogP contribution is 2.12. The number of rotatable bonds is 4. The Balaban J connectivity index is 1.85. The molecule has 1 aromatic carbocycles. The summed E-state index contributed by atoms with van der Waals surface area (Å²) in [7, 11) is 0. The van der Waals surface area contributed by atoms with E-state index in [-0.39, 0.29) is 5.54 Å². The Hall–Kier alpha value is -0.900. The Kier molecular flexibility index (Phi) is 5.19. The Bertz CT molecular complexity index is 408. The molecule has 0 aromatic heterocycles. The largest absolute Gasteiger partial charge is 0.376 e. The summed E-state index contributed by atoms with van der Waals surface area (Å²) in [5.74, 6) is 0. The molecule has 0 spiro atoms. The summed E-state index contributed by atoms with van der Waals surface area (Å²) in [6.45, 7) is 13.6. The number of morpholine rings is 1. The van der Waals surface area contributed by atoms with Crippen LogP contribution in [0.15, 0.2) is 24.3 Å². The molecule has 0 amide bonds. The Labute approximate surface area is 123 Å². The van der Waals surface area contributed by atoms with Gasteiger partial charge in [0.15, 0.2) is 0 Å². The molecule has 1 aliphatic rings. The van der Waals surface area contributed by atoms with Crippen molar-refractivity contribution in [1.82, 2.24) is 10.2 Å². The highest BCUT2D eigenvalue weighted by molar-refractivity contribution is 5.22. The van der Waals surface area contributed by atoms with Gasteiger partial charge >= 0.3 is 0 Å². The van der Waals surface area contributed by atoms with E-state index in [1.54, 1.807) is 0 Å². The van der Waals surface area contributed by atoms with Crippen molar-refractivity contribution in [3.05, 3.63) is 35.4 Å². The first kappa shape index (κ1) is 15.5. The number of benzene rings is 1. The van der Waals surface area contributed by atoms with Crippen LogP contribution in [0.5, 0.6) is 0 Å². The van der Waals surface area contributed by atoms with E-state index in [0.717, 1.165) is 32.8 Å². The first-order valence-corrected chi connectivity index (χ1v) is 7.59. The zero-order chi connectivity index (χ0) is 14.6. The van der Waals surface area contributed by atoms with Crippen LogP contribution < -0.4 is 5.32 Å². The molecule has 1 saturated heterocycles. The van der Waals surface area contributed by atoms with E-state index < -0.39 is 0 Å². The maximum absolute atomic E-state index is 5.58. The van der Waals surface area contributed by atoms with Gasteiger partial charge in [-0.25, -0.2) is 0 Å². The molecule has 1 heterocycles. The van der Waals surface area contributed by atoms with Gasteiger partial charge in [0.05, 0.1) is 12.7 Å². The highest BCUT2D eigenvalue weighted by atomic mass is 16.5. The van der Waals surface area contributed by atoms with Gasteiger partial charge in [-0.1, -0.05) is 24.3 Å². The number of hydrogen-bond donors (Lipinski definition) is 1. The molecule has 1 N–H and O–H groups in total. The maximum Gasteiger partial charge on any atom is 0.0674 e. The van der Waals surface area contributed by atoms with Crippen molar-refractivity contribution in [2.75, 3.05) is 19.7 Å². The third kappa shape index (κ3) is 5.23. The molecular weight excluding hydrogens is 248 g/mol. The number of nitrogens with one attached hydrogen (secondary N) is 1. The fourth-order valence-electron chi connectivity index (χ4n) is 2.42. The van der Waals surface area contributed by atoms with Gasteiger partial charge in [0.1, 0.15) is 0 Å². The smallest absolute Gasteiger partial charge is 0.0674 e. The van der Waals surface area contributed by atoms with Crippen molar-refractivity contribution in [3.63, 3.8) is 0 Å². The van der Waals surface area contributed by atoms with Crippen molar-refractivity contribution in [1.29, 1.82) is 0 Å². The second kappa shape index (κ2) is 6.70. The van der Waals surface area contributed by atoms with E-state index in [1.165, 1.54) is 11.1 Å². The third-order valence-electron chi connectivity index (χ3n) is 3.58. The van der Waals surface area contributed by atoms with E-state index in [0.29, 0.717) is 6.10 Å². The SMILES string of the molecule is CC1CN(Cc2ccc(CNC(C)(C)C)cc2)CCO1. The van der Waals surface area contributed by atoms with Crippen molar-refractivity contribution >= 4 is 0 Å². The standard InChI is InChI=1S/C17H28N2O/c1-14-12-19(9-10-20-14)13-16-7-5-15(6-8-16)11-18-17(2,3)4/h5-8,14,18H,9-13H2,1-4H3. The van der Waals surface area contributed by atoms with E-state index in [4.69, 9.17) is 4.74 Å². The zero-order valence-corrected chi connectivity index (χ0v) is 13.3. The summed E-state index contributed by atoms with van der Waals surface area (Å²) < 4.78 is 5.58. The lowest BCUT2D eigenvalue weighted by atomic mass is 10.1. The normalized spacial score (nSPS) is 21.1. The van der Waals surface area contributed by atoms with Gasteiger partial charge in [-0.05, 0) is 38.8 Å². The average molecular weight is 276 g/mol. The molecule has 1 fully saturated rings. The first-order chi connectivity index (χ1) is 9.42. The van der Waals surface area contributed by atoms with Gasteiger partial charge in [0.25, 0.3) is 0 Å². The molecule has 1 unspecified atom stereocenters. The number of hydrogen-bond acceptors (Lipinski definition) is 3. The van der Waals surface area contributed by atoms with Crippen LogP contribution in [0.25, 0.3) is 0 Å². The molecule has 3 nitrogen and oxygen atoms in total. The predicted octanol–water partition coefficient (Wildman–Crippen LogP) is 2.80. The highest BCUT2D eigenvalue weighted by Gasteiger charge is 2.16. The lowest BCUT2D eigenvalue weighted by molar-refractivity contribution is -0.0212. The van der Waals surface area contributed by atoms with Gasteiger partial charge in [-0.3, -0.25) is 4.90 Å². The number of nitrogens with zero attached hydrogens (tertiary/aromatic N) is 1. The summed E-state index contributed by atoms with van der Waals surface area (Å²) in [6, 6.07) is 8.97. The Morgan fingerprint density at radius 3 is 2.45 bits per heavy atom. The molecule has 3 heteroatoms. The summed E-state index contributed by atoms with van der Waals surface area (Å²) in [5, 5.41) is 3.52. The monoisotopic (exact) mass is 276 g/mol. The van der Waals surface area contributed by atoms with Crippen LogP contribution in [-0.2, 0) is 17.8 Å². The fourth-order valence-corrected chi connectivity index (χ4v) is 2.42. The van der Waals surface area contributed by atoms with Gasteiger partial charge in [0, 0.05) is 31.7 Å². The van der Waals surface area contributed by atoms with Gasteiger partial charge in [-0.2, -0.15) is 0 Å². The molecule has 0 radical (unpaired) electrons. The van der Waals surface area contributed by atoms with E-state index >= 15 is 0 Å². The average Bonchev–Trinajstić information content (AvgIpc) is 2.37. The second-order valence-electron chi connectivity index (χ2n) is 6.84. The fraction of sp³-hybridized carbons (Fsp3) is 0.647. The number of ether oxygens (including phenoxy) is 1. The van der Waals surface area contributed by atoms with E-state index in [9.17, 15) is 0 Å². The summed E-state index contributed by atoms with van der Waals surface area (Å²) in [6.07, 6.45) is 0.360. The quantitative estimate of drug-likeness (QED) is 0.915. The Morgan fingerprint density at radius 2 is 1.85 bits per heavy atom. The predicted molar refractivity (Wildman–Crippen MR) is 83.7 cm³/mol. The summed E-state index contributed by atoms with van der Waals surface area (Å²) in [5.41, 5.74) is 2.90. The third-order valence-corrected chi connectivity index (χ3v) is 3.58. The van der Waals surface area contributed by atoms with Crippen molar-refractivity contribution in [3.8, 4) is 0 Å². The van der Waals surface area contributed by atoms with Crippen LogP contribution >= 0.6 is 0 Å². The van der Waals surface area contributed by atoms with Crippen molar-refractivity contribution in [2.45, 2.75) is 52.4 Å². The molecule has 0 saturated carbocycles. The van der Waals surface area contributed by atoms with Crippen molar-refractivity contribution in [2.24, 2.45) is 0 Å². The molecule has 1 aliphatic heterocycles. The van der Waals surface area contributed by atoms with Gasteiger partial charge in [0.2, 0.25) is 0 Å². The first-order valence-electron chi connectivity index (χ1n) is 7.59. The van der Waals surface area contributed by atoms with Crippen molar-refractivity contribution < 1.29 is 4.74 Å². The van der Waals surface area contributed by atoms with Crippen LogP contribution in [0.2, 0.25) is 0 Å². The second-order valence-corrected chi connectivity index (χ2v) is 6.84.